The lowest BCUT2D eigenvalue weighted by atomic mass is 10.1. The van der Waals surface area contributed by atoms with Gasteiger partial charge in [-0.2, -0.15) is 10.4 Å². The minimum Gasteiger partial charge on any atom is -0.496 e. The lowest BCUT2D eigenvalue weighted by Gasteiger charge is -2.07. The molecule has 2 aromatic rings. The molecule has 1 heterocycles. The Kier molecular flexibility index (Phi) is 2.88. The number of H-pyrrole nitrogens is 1. The second-order valence-corrected chi connectivity index (χ2v) is 3.33. The summed E-state index contributed by atoms with van der Waals surface area (Å²) in [6.45, 7) is 0. The van der Waals surface area contributed by atoms with E-state index < -0.39 is 0 Å². The molecule has 0 amide bonds. The first-order valence-electron chi connectivity index (χ1n) is 4.89. The fourth-order valence-electron chi connectivity index (χ4n) is 1.47. The van der Waals surface area contributed by atoms with Crippen molar-refractivity contribution in [2.24, 2.45) is 0 Å². The zero-order chi connectivity index (χ0) is 12.3. The molecule has 0 atom stereocenters. The normalized spacial score (nSPS) is 9.65. The standard InChI is InChI=1S/C12H9N3O2/c1-17-11-4-2-8(7-13)6-9(11)10-3-5-12(16)15-14-10/h2-6H,1H3,(H,15,16). The van der Waals surface area contributed by atoms with Gasteiger partial charge in [0, 0.05) is 11.6 Å². The molecule has 0 aliphatic heterocycles. The van der Waals surface area contributed by atoms with Crippen LogP contribution in [0, 0.1) is 11.3 Å². The quantitative estimate of drug-likeness (QED) is 0.839. The van der Waals surface area contributed by atoms with Gasteiger partial charge in [0.15, 0.2) is 0 Å². The molecular weight excluding hydrogens is 218 g/mol. The highest BCUT2D eigenvalue weighted by molar-refractivity contribution is 5.68. The molecule has 17 heavy (non-hydrogen) atoms. The van der Waals surface area contributed by atoms with Crippen LogP contribution in [-0.2, 0) is 0 Å². The van der Waals surface area contributed by atoms with E-state index in [1.54, 1.807) is 24.3 Å². The Bertz CT molecular complexity index is 620. The van der Waals surface area contributed by atoms with Gasteiger partial charge in [-0.25, -0.2) is 5.10 Å². The summed E-state index contributed by atoms with van der Waals surface area (Å²) in [7, 11) is 1.54. The van der Waals surface area contributed by atoms with Crippen LogP contribution < -0.4 is 10.3 Å². The summed E-state index contributed by atoms with van der Waals surface area (Å²) < 4.78 is 5.19. The van der Waals surface area contributed by atoms with Crippen LogP contribution in [0.4, 0.5) is 0 Å². The van der Waals surface area contributed by atoms with Gasteiger partial charge in [-0.1, -0.05) is 0 Å². The van der Waals surface area contributed by atoms with Gasteiger partial charge in [0.05, 0.1) is 24.4 Å². The predicted molar refractivity (Wildman–Crippen MR) is 61.6 cm³/mol. The lowest BCUT2D eigenvalue weighted by Crippen LogP contribution is -2.06. The molecule has 0 saturated carbocycles. The fraction of sp³-hybridized carbons (Fsp3) is 0.0833. The highest BCUT2D eigenvalue weighted by Gasteiger charge is 2.08. The second kappa shape index (κ2) is 4.49. The van der Waals surface area contributed by atoms with E-state index in [4.69, 9.17) is 10.00 Å². The van der Waals surface area contributed by atoms with E-state index in [0.29, 0.717) is 22.6 Å². The Morgan fingerprint density at radius 2 is 2.18 bits per heavy atom. The van der Waals surface area contributed by atoms with Gasteiger partial charge in [0.2, 0.25) is 0 Å². The van der Waals surface area contributed by atoms with E-state index in [1.807, 2.05) is 6.07 Å². The van der Waals surface area contributed by atoms with E-state index in [2.05, 4.69) is 10.2 Å². The monoisotopic (exact) mass is 227 g/mol. The molecule has 1 aromatic heterocycles. The van der Waals surface area contributed by atoms with Crippen molar-refractivity contribution in [2.45, 2.75) is 0 Å². The first-order valence-corrected chi connectivity index (χ1v) is 4.89. The first kappa shape index (κ1) is 10.9. The van der Waals surface area contributed by atoms with E-state index in [-0.39, 0.29) is 5.56 Å². The van der Waals surface area contributed by atoms with Crippen molar-refractivity contribution in [2.75, 3.05) is 7.11 Å². The summed E-state index contributed by atoms with van der Waals surface area (Å²) in [6.07, 6.45) is 0. The number of aromatic nitrogens is 2. The van der Waals surface area contributed by atoms with Crippen molar-refractivity contribution < 1.29 is 4.74 Å². The van der Waals surface area contributed by atoms with Crippen LogP contribution in [0.2, 0.25) is 0 Å². The van der Waals surface area contributed by atoms with Crippen LogP contribution in [0.1, 0.15) is 5.56 Å². The highest BCUT2D eigenvalue weighted by Crippen LogP contribution is 2.28. The van der Waals surface area contributed by atoms with Crippen LogP contribution in [0.25, 0.3) is 11.3 Å². The number of nitrogens with zero attached hydrogens (tertiary/aromatic N) is 2. The van der Waals surface area contributed by atoms with E-state index in [0.717, 1.165) is 0 Å². The molecule has 0 aliphatic rings. The number of nitriles is 1. The Hall–Kier alpha value is -2.61. The Labute approximate surface area is 97.3 Å². The van der Waals surface area contributed by atoms with Gasteiger partial charge in [0.1, 0.15) is 5.75 Å². The van der Waals surface area contributed by atoms with Crippen LogP contribution in [0.5, 0.6) is 5.75 Å². The van der Waals surface area contributed by atoms with Gasteiger partial charge in [-0.3, -0.25) is 4.79 Å². The van der Waals surface area contributed by atoms with Crippen molar-refractivity contribution >= 4 is 0 Å². The average molecular weight is 227 g/mol. The number of hydrogen-bond acceptors (Lipinski definition) is 4. The minimum atomic E-state index is -0.274. The number of benzene rings is 1. The van der Waals surface area contributed by atoms with Crippen LogP contribution in [-0.4, -0.2) is 17.3 Å². The molecule has 5 heteroatoms. The number of hydrogen-bond donors (Lipinski definition) is 1. The molecule has 0 fully saturated rings. The number of aromatic amines is 1. The Morgan fingerprint density at radius 1 is 1.35 bits per heavy atom. The summed E-state index contributed by atoms with van der Waals surface area (Å²) in [6, 6.07) is 10.0. The first-order chi connectivity index (χ1) is 8.24. The zero-order valence-corrected chi connectivity index (χ0v) is 9.10. The van der Waals surface area contributed by atoms with E-state index >= 15 is 0 Å². The van der Waals surface area contributed by atoms with Gasteiger partial charge in [-0.05, 0) is 24.3 Å². The molecule has 5 nitrogen and oxygen atoms in total. The summed E-state index contributed by atoms with van der Waals surface area (Å²) >= 11 is 0. The lowest BCUT2D eigenvalue weighted by molar-refractivity contribution is 0.416. The average Bonchev–Trinajstić information content (AvgIpc) is 2.39. The summed E-state index contributed by atoms with van der Waals surface area (Å²) in [4.78, 5) is 10.9. The molecule has 84 valence electrons. The van der Waals surface area contributed by atoms with Gasteiger partial charge in [-0.15, -0.1) is 0 Å². The smallest absolute Gasteiger partial charge is 0.264 e. The minimum absolute atomic E-state index is 0.274. The molecular formula is C12H9N3O2. The van der Waals surface area contributed by atoms with Crippen molar-refractivity contribution in [1.82, 2.24) is 10.2 Å². The maximum Gasteiger partial charge on any atom is 0.264 e. The van der Waals surface area contributed by atoms with Crippen molar-refractivity contribution in [3.63, 3.8) is 0 Å². The van der Waals surface area contributed by atoms with Crippen molar-refractivity contribution in [3.8, 4) is 23.1 Å². The van der Waals surface area contributed by atoms with Gasteiger partial charge in [0.25, 0.3) is 5.56 Å². The molecule has 0 radical (unpaired) electrons. The third kappa shape index (κ3) is 2.16. The van der Waals surface area contributed by atoms with Crippen LogP contribution in [0.3, 0.4) is 0 Å². The summed E-state index contributed by atoms with van der Waals surface area (Å²) in [5.41, 5.74) is 1.46. The summed E-state index contributed by atoms with van der Waals surface area (Å²) in [5.74, 6) is 0.601. The molecule has 1 N–H and O–H groups in total. The van der Waals surface area contributed by atoms with Crippen molar-refractivity contribution in [1.29, 1.82) is 5.26 Å². The van der Waals surface area contributed by atoms with Crippen molar-refractivity contribution in [3.05, 3.63) is 46.2 Å². The van der Waals surface area contributed by atoms with E-state index in [9.17, 15) is 4.79 Å². The van der Waals surface area contributed by atoms with Gasteiger partial charge < -0.3 is 4.74 Å². The van der Waals surface area contributed by atoms with Crippen LogP contribution >= 0.6 is 0 Å². The topological polar surface area (TPSA) is 78.8 Å². The zero-order valence-electron chi connectivity index (χ0n) is 9.10. The maximum absolute atomic E-state index is 10.9. The van der Waals surface area contributed by atoms with E-state index in [1.165, 1.54) is 13.2 Å². The number of rotatable bonds is 2. The predicted octanol–water partition coefficient (Wildman–Crippen LogP) is 1.32. The molecule has 0 bridgehead atoms. The number of methoxy groups -OCH3 is 1. The maximum atomic E-state index is 10.9. The SMILES string of the molecule is COc1ccc(C#N)cc1-c1ccc(=O)[nH]n1. The number of ether oxygens (including phenoxy) is 1. The largest absolute Gasteiger partial charge is 0.496 e. The molecule has 0 unspecified atom stereocenters. The molecule has 1 aromatic carbocycles. The van der Waals surface area contributed by atoms with Crippen LogP contribution in [0.15, 0.2) is 35.1 Å². The molecule has 0 aliphatic carbocycles. The Balaban J connectivity index is 2.60. The summed E-state index contributed by atoms with van der Waals surface area (Å²) in [5, 5.41) is 15.1. The molecule has 2 rings (SSSR count). The van der Waals surface area contributed by atoms with Gasteiger partial charge >= 0.3 is 0 Å². The third-order valence-corrected chi connectivity index (χ3v) is 2.28. The number of nitrogens with one attached hydrogen (secondary N) is 1. The third-order valence-electron chi connectivity index (χ3n) is 2.28. The highest BCUT2D eigenvalue weighted by atomic mass is 16.5. The second-order valence-electron chi connectivity index (χ2n) is 3.33. The molecule has 0 spiro atoms. The Morgan fingerprint density at radius 3 is 2.76 bits per heavy atom. The molecule has 0 saturated heterocycles. The fourth-order valence-corrected chi connectivity index (χ4v) is 1.47.